The van der Waals surface area contributed by atoms with Crippen molar-refractivity contribution in [2.45, 2.75) is 32.1 Å². The number of hydrogen-bond donors (Lipinski definition) is 2. The van der Waals surface area contributed by atoms with Crippen molar-refractivity contribution in [1.29, 1.82) is 0 Å². The van der Waals surface area contributed by atoms with Gasteiger partial charge in [-0.15, -0.1) is 0 Å². The summed E-state index contributed by atoms with van der Waals surface area (Å²) in [6.45, 7) is 10.6. The van der Waals surface area contributed by atoms with Crippen molar-refractivity contribution in [3.63, 3.8) is 0 Å². The Morgan fingerprint density at radius 1 is 1.11 bits per heavy atom. The van der Waals surface area contributed by atoms with Crippen LogP contribution in [0, 0.1) is 0 Å². The van der Waals surface area contributed by atoms with Crippen molar-refractivity contribution in [1.82, 2.24) is 15.0 Å². The summed E-state index contributed by atoms with van der Waals surface area (Å²) >= 11 is 0. The maximum absolute atomic E-state index is 12.2. The molecule has 36 heavy (non-hydrogen) atoms. The first-order valence-corrected chi connectivity index (χ1v) is 12.1. The zero-order valence-corrected chi connectivity index (χ0v) is 20.9. The van der Waals surface area contributed by atoms with Gasteiger partial charge in [-0.2, -0.15) is 4.98 Å². The van der Waals surface area contributed by atoms with E-state index in [0.717, 1.165) is 43.9 Å². The van der Waals surface area contributed by atoms with Gasteiger partial charge in [0, 0.05) is 36.8 Å². The number of aromatic nitrogens is 3. The molecule has 0 radical (unpaired) electrons. The number of methoxy groups -OCH3 is 1. The van der Waals surface area contributed by atoms with Gasteiger partial charge in [-0.3, -0.25) is 4.79 Å². The van der Waals surface area contributed by atoms with Crippen LogP contribution in [0.25, 0.3) is 0 Å². The van der Waals surface area contributed by atoms with Crippen molar-refractivity contribution in [3.05, 3.63) is 60.9 Å². The molecule has 1 fully saturated rings. The second-order valence-corrected chi connectivity index (χ2v) is 9.68. The van der Waals surface area contributed by atoms with E-state index in [4.69, 9.17) is 9.72 Å². The molecule has 0 spiro atoms. The number of nitrogens with zero attached hydrogens (tertiary/aromatic N) is 5. The highest BCUT2D eigenvalue weighted by Crippen LogP contribution is 2.43. The Bertz CT molecular complexity index is 1300. The van der Waals surface area contributed by atoms with Crippen LogP contribution in [0.15, 0.2) is 55.4 Å². The summed E-state index contributed by atoms with van der Waals surface area (Å²) in [5.74, 6) is 1.31. The average Bonchev–Trinajstić information content (AvgIpc) is 3.51. The Morgan fingerprint density at radius 3 is 2.64 bits per heavy atom. The third-order valence-corrected chi connectivity index (χ3v) is 6.73. The Hall–Kier alpha value is -4.14. The minimum Gasteiger partial charge on any atom is -0.494 e. The minimum atomic E-state index is -0.274. The zero-order chi connectivity index (χ0) is 25.3. The Kier molecular flexibility index (Phi) is 6.22. The number of benzene rings is 2. The second kappa shape index (κ2) is 9.49. The lowest BCUT2D eigenvalue weighted by atomic mass is 9.87. The third kappa shape index (κ3) is 4.44. The molecule has 0 bridgehead atoms. The van der Waals surface area contributed by atoms with Gasteiger partial charge in [0.2, 0.25) is 17.8 Å². The molecule has 2 aliphatic rings. The summed E-state index contributed by atoms with van der Waals surface area (Å²) in [7, 11) is 1.62. The van der Waals surface area contributed by atoms with Gasteiger partial charge in [0.25, 0.3) is 0 Å². The monoisotopic (exact) mass is 485 g/mol. The zero-order valence-electron chi connectivity index (χ0n) is 20.9. The number of para-hydroxylation sites is 1. The van der Waals surface area contributed by atoms with Crippen molar-refractivity contribution >= 4 is 40.6 Å². The summed E-state index contributed by atoms with van der Waals surface area (Å²) in [6.07, 6.45) is 4.99. The van der Waals surface area contributed by atoms with Gasteiger partial charge in [-0.1, -0.05) is 38.6 Å². The van der Waals surface area contributed by atoms with E-state index in [2.05, 4.69) is 69.0 Å². The van der Waals surface area contributed by atoms with Crippen molar-refractivity contribution < 1.29 is 9.53 Å². The molecule has 5 rings (SSSR count). The van der Waals surface area contributed by atoms with E-state index in [0.29, 0.717) is 29.0 Å². The molecule has 9 heteroatoms. The molecule has 9 nitrogen and oxygen atoms in total. The van der Waals surface area contributed by atoms with Crippen molar-refractivity contribution in [2.24, 2.45) is 0 Å². The number of carbonyl (C=O) groups is 1. The molecule has 0 aliphatic carbocycles. The minimum absolute atomic E-state index is 0.0241. The molecule has 2 N–H and O–H groups in total. The van der Waals surface area contributed by atoms with Crippen molar-refractivity contribution in [2.75, 3.05) is 47.2 Å². The van der Waals surface area contributed by atoms with E-state index >= 15 is 0 Å². The number of fused-ring (bicyclic) bond motifs is 1. The van der Waals surface area contributed by atoms with E-state index in [-0.39, 0.29) is 11.3 Å². The maximum Gasteiger partial charge on any atom is 0.247 e. The number of rotatable bonds is 7. The fourth-order valence-electron chi connectivity index (χ4n) is 4.96. The third-order valence-electron chi connectivity index (χ3n) is 6.73. The lowest BCUT2D eigenvalue weighted by Gasteiger charge is -2.24. The predicted molar refractivity (Wildman–Crippen MR) is 143 cm³/mol. The van der Waals surface area contributed by atoms with Gasteiger partial charge >= 0.3 is 0 Å². The summed E-state index contributed by atoms with van der Waals surface area (Å²) in [4.78, 5) is 30.1. The highest BCUT2D eigenvalue weighted by atomic mass is 16.5. The van der Waals surface area contributed by atoms with Gasteiger partial charge in [0.1, 0.15) is 12.1 Å². The van der Waals surface area contributed by atoms with Crippen LogP contribution >= 0.6 is 0 Å². The smallest absolute Gasteiger partial charge is 0.247 e. The van der Waals surface area contributed by atoms with Crippen LogP contribution in [0.1, 0.15) is 32.3 Å². The topological polar surface area (TPSA) is 95.5 Å². The van der Waals surface area contributed by atoms with Gasteiger partial charge in [0.05, 0.1) is 24.2 Å². The number of ether oxygens (including phenoxy) is 1. The molecule has 0 saturated carbocycles. The number of carbonyl (C=O) groups excluding carboxylic acids is 1. The van der Waals surface area contributed by atoms with Crippen LogP contribution in [-0.2, 0) is 10.2 Å². The standard InChI is InChI=1S/C27H31N7O2/c1-5-24(35)30-19-14-20(23(36-4)15-22(19)33-12-8-9-13-33)31-25-28-17-29-26(32-25)34-16-27(2,3)18-10-6-7-11-21(18)34/h5-7,10-11,14-15,17H,1,8-9,12-13,16H2,2-4H3,(H,30,35)(H,28,29,31,32). The number of hydrogen-bond acceptors (Lipinski definition) is 8. The van der Waals surface area contributed by atoms with Gasteiger partial charge in [-0.05, 0) is 36.6 Å². The lowest BCUT2D eigenvalue weighted by molar-refractivity contribution is -0.111. The van der Waals surface area contributed by atoms with E-state index in [1.165, 1.54) is 18.0 Å². The molecule has 1 saturated heterocycles. The molecule has 2 aliphatic heterocycles. The maximum atomic E-state index is 12.2. The number of amides is 1. The second-order valence-electron chi connectivity index (χ2n) is 9.68. The first-order valence-electron chi connectivity index (χ1n) is 12.1. The van der Waals surface area contributed by atoms with Gasteiger partial charge in [-0.25, -0.2) is 9.97 Å². The summed E-state index contributed by atoms with van der Waals surface area (Å²) in [5.41, 5.74) is 4.57. The van der Waals surface area contributed by atoms with E-state index < -0.39 is 0 Å². The molecular formula is C27H31N7O2. The molecule has 186 valence electrons. The summed E-state index contributed by atoms with van der Waals surface area (Å²) in [5, 5.41) is 6.21. The molecule has 2 aromatic carbocycles. The van der Waals surface area contributed by atoms with Crippen molar-refractivity contribution in [3.8, 4) is 5.75 Å². The van der Waals surface area contributed by atoms with Crippen LogP contribution < -0.4 is 25.2 Å². The predicted octanol–water partition coefficient (Wildman–Crippen LogP) is 4.78. The van der Waals surface area contributed by atoms with E-state index in [9.17, 15) is 4.79 Å². The van der Waals surface area contributed by atoms with Gasteiger partial charge in [0.15, 0.2) is 0 Å². The highest BCUT2D eigenvalue weighted by Gasteiger charge is 2.36. The van der Waals surface area contributed by atoms with E-state index in [1.54, 1.807) is 7.11 Å². The van der Waals surface area contributed by atoms with Crippen LogP contribution in [0.5, 0.6) is 5.75 Å². The average molecular weight is 486 g/mol. The molecule has 3 heterocycles. The fraction of sp³-hybridized carbons (Fsp3) is 0.333. The van der Waals surface area contributed by atoms with Crippen LogP contribution in [0.2, 0.25) is 0 Å². The summed E-state index contributed by atoms with van der Waals surface area (Å²) in [6, 6.07) is 12.1. The molecule has 1 amide bonds. The number of anilines is 6. The van der Waals surface area contributed by atoms with Crippen LogP contribution in [0.4, 0.5) is 34.6 Å². The normalized spacial score (nSPS) is 16.0. The SMILES string of the molecule is C=CC(=O)Nc1cc(Nc2ncnc(N3CC(C)(C)c4ccccc43)n2)c(OC)cc1N1CCCC1. The quantitative estimate of drug-likeness (QED) is 0.462. The Balaban J connectivity index is 1.48. The van der Waals surface area contributed by atoms with Crippen LogP contribution in [0.3, 0.4) is 0 Å². The lowest BCUT2D eigenvalue weighted by Crippen LogP contribution is -2.26. The highest BCUT2D eigenvalue weighted by molar-refractivity contribution is 6.02. The first-order chi connectivity index (χ1) is 17.4. The molecule has 0 unspecified atom stereocenters. The van der Waals surface area contributed by atoms with Gasteiger partial charge < -0.3 is 25.2 Å². The molecule has 0 atom stereocenters. The molecule has 1 aromatic heterocycles. The van der Waals surface area contributed by atoms with E-state index in [1.807, 2.05) is 18.2 Å². The Labute approximate surface area is 211 Å². The fourth-order valence-corrected chi connectivity index (χ4v) is 4.96. The summed E-state index contributed by atoms with van der Waals surface area (Å²) < 4.78 is 5.70. The molecular weight excluding hydrogens is 454 g/mol. The first kappa shape index (κ1) is 23.6. The Morgan fingerprint density at radius 2 is 1.89 bits per heavy atom. The van der Waals surface area contributed by atoms with Crippen LogP contribution in [-0.4, -0.2) is 47.6 Å². The number of nitrogens with one attached hydrogen (secondary N) is 2. The molecule has 3 aromatic rings. The largest absolute Gasteiger partial charge is 0.494 e.